The zero-order chi connectivity index (χ0) is 9.26. The van der Waals surface area contributed by atoms with Gasteiger partial charge in [-0.3, -0.25) is 4.79 Å². The Morgan fingerprint density at radius 3 is 3.00 bits per heavy atom. The first-order valence-electron chi connectivity index (χ1n) is 3.99. The number of aromatic nitrogens is 1. The van der Waals surface area contributed by atoms with Crippen LogP contribution in [0.2, 0.25) is 0 Å². The summed E-state index contributed by atoms with van der Waals surface area (Å²) in [5.74, 6) is 0.428. The summed E-state index contributed by atoms with van der Waals surface area (Å²) >= 11 is 0. The lowest BCUT2D eigenvalue weighted by molar-refractivity contribution is -0.0794. The van der Waals surface area contributed by atoms with E-state index in [9.17, 15) is 4.79 Å². The van der Waals surface area contributed by atoms with E-state index in [0.29, 0.717) is 19.0 Å². The molecule has 1 saturated heterocycles. The van der Waals surface area contributed by atoms with Crippen LogP contribution in [0.4, 0.5) is 5.69 Å². The molecule has 0 saturated carbocycles. The Labute approximate surface area is 74.5 Å². The van der Waals surface area contributed by atoms with Crippen LogP contribution >= 0.6 is 0 Å². The number of hydrogen-bond acceptors (Lipinski definition) is 4. The number of hydrogen-bond donors (Lipinski definition) is 2. The SMILES string of the molecule is Nc1c(OC2COC2)cc[nH]c1=O. The summed E-state index contributed by atoms with van der Waals surface area (Å²) < 4.78 is 10.3. The molecule has 0 bridgehead atoms. The van der Waals surface area contributed by atoms with Gasteiger partial charge < -0.3 is 20.2 Å². The molecule has 1 aromatic heterocycles. The van der Waals surface area contributed by atoms with Crippen LogP contribution in [0.1, 0.15) is 0 Å². The predicted molar refractivity (Wildman–Crippen MR) is 46.7 cm³/mol. The van der Waals surface area contributed by atoms with E-state index in [1.165, 1.54) is 6.20 Å². The molecule has 0 atom stereocenters. The molecule has 0 aliphatic carbocycles. The molecular weight excluding hydrogens is 172 g/mol. The highest BCUT2D eigenvalue weighted by atomic mass is 16.6. The van der Waals surface area contributed by atoms with Crippen LogP contribution in [-0.2, 0) is 4.74 Å². The zero-order valence-electron chi connectivity index (χ0n) is 6.95. The number of anilines is 1. The molecule has 0 radical (unpaired) electrons. The highest BCUT2D eigenvalue weighted by Gasteiger charge is 2.21. The van der Waals surface area contributed by atoms with Crippen LogP contribution in [0.15, 0.2) is 17.1 Å². The van der Waals surface area contributed by atoms with Gasteiger partial charge in [0.05, 0.1) is 13.2 Å². The van der Waals surface area contributed by atoms with Gasteiger partial charge in [0.15, 0.2) is 0 Å². The molecule has 2 heterocycles. The highest BCUT2D eigenvalue weighted by molar-refractivity contribution is 5.49. The van der Waals surface area contributed by atoms with Crippen LogP contribution < -0.4 is 16.0 Å². The van der Waals surface area contributed by atoms with Crippen LogP contribution in [0.5, 0.6) is 5.75 Å². The largest absolute Gasteiger partial charge is 0.483 e. The number of ether oxygens (including phenoxy) is 2. The molecule has 0 unspecified atom stereocenters. The molecule has 5 heteroatoms. The van der Waals surface area contributed by atoms with Gasteiger partial charge in [-0.05, 0) is 6.07 Å². The summed E-state index contributed by atoms with van der Waals surface area (Å²) in [6, 6.07) is 1.63. The van der Waals surface area contributed by atoms with Crippen molar-refractivity contribution in [3.63, 3.8) is 0 Å². The van der Waals surface area contributed by atoms with Gasteiger partial charge in [-0.15, -0.1) is 0 Å². The molecule has 13 heavy (non-hydrogen) atoms. The normalized spacial score (nSPS) is 16.6. The summed E-state index contributed by atoms with van der Waals surface area (Å²) in [5.41, 5.74) is 5.30. The molecule has 1 fully saturated rings. The van der Waals surface area contributed by atoms with Crippen molar-refractivity contribution in [2.75, 3.05) is 18.9 Å². The van der Waals surface area contributed by atoms with Crippen molar-refractivity contribution in [2.45, 2.75) is 6.10 Å². The maximum atomic E-state index is 11.0. The third-order valence-electron chi connectivity index (χ3n) is 1.86. The summed E-state index contributed by atoms with van der Waals surface area (Å²) in [7, 11) is 0. The second-order valence-electron chi connectivity index (χ2n) is 2.86. The van der Waals surface area contributed by atoms with E-state index in [1.807, 2.05) is 0 Å². The average molecular weight is 182 g/mol. The Balaban J connectivity index is 2.19. The molecule has 1 aliphatic heterocycles. The number of nitrogens with one attached hydrogen (secondary N) is 1. The van der Waals surface area contributed by atoms with E-state index in [-0.39, 0.29) is 17.4 Å². The molecule has 2 rings (SSSR count). The van der Waals surface area contributed by atoms with E-state index in [2.05, 4.69) is 4.98 Å². The zero-order valence-corrected chi connectivity index (χ0v) is 6.95. The molecular formula is C8H10N2O3. The Morgan fingerprint density at radius 2 is 2.38 bits per heavy atom. The molecule has 1 aromatic rings. The quantitative estimate of drug-likeness (QED) is 0.660. The van der Waals surface area contributed by atoms with E-state index in [1.54, 1.807) is 6.07 Å². The summed E-state index contributed by atoms with van der Waals surface area (Å²) in [6.07, 6.45) is 1.54. The minimum atomic E-state index is -0.322. The third kappa shape index (κ3) is 1.50. The molecule has 0 spiro atoms. The second-order valence-corrected chi connectivity index (χ2v) is 2.86. The van der Waals surface area contributed by atoms with E-state index >= 15 is 0 Å². The number of pyridine rings is 1. The fraction of sp³-hybridized carbons (Fsp3) is 0.375. The minimum Gasteiger partial charge on any atom is -0.483 e. The number of H-pyrrole nitrogens is 1. The van der Waals surface area contributed by atoms with Crippen LogP contribution in [-0.4, -0.2) is 24.3 Å². The topological polar surface area (TPSA) is 77.3 Å². The number of nitrogen functional groups attached to an aromatic ring is 1. The lowest BCUT2D eigenvalue weighted by atomic mass is 10.3. The summed E-state index contributed by atoms with van der Waals surface area (Å²) in [4.78, 5) is 13.5. The lowest BCUT2D eigenvalue weighted by Crippen LogP contribution is -2.39. The number of aromatic amines is 1. The van der Waals surface area contributed by atoms with Gasteiger partial charge in [-0.2, -0.15) is 0 Å². The number of nitrogens with two attached hydrogens (primary N) is 1. The Hall–Kier alpha value is -1.49. The van der Waals surface area contributed by atoms with E-state index < -0.39 is 0 Å². The van der Waals surface area contributed by atoms with Crippen molar-refractivity contribution in [1.82, 2.24) is 4.98 Å². The number of rotatable bonds is 2. The van der Waals surface area contributed by atoms with E-state index in [4.69, 9.17) is 15.2 Å². The second kappa shape index (κ2) is 3.10. The van der Waals surface area contributed by atoms with Crippen LogP contribution in [0.3, 0.4) is 0 Å². The van der Waals surface area contributed by atoms with Crippen molar-refractivity contribution in [3.8, 4) is 5.75 Å². The fourth-order valence-corrected chi connectivity index (χ4v) is 1.04. The van der Waals surface area contributed by atoms with Gasteiger partial charge in [0.2, 0.25) is 0 Å². The van der Waals surface area contributed by atoms with Gasteiger partial charge >= 0.3 is 0 Å². The molecule has 5 nitrogen and oxygen atoms in total. The monoisotopic (exact) mass is 182 g/mol. The van der Waals surface area contributed by atoms with Crippen molar-refractivity contribution >= 4 is 5.69 Å². The fourth-order valence-electron chi connectivity index (χ4n) is 1.04. The Bertz CT molecular complexity index is 357. The van der Waals surface area contributed by atoms with Crippen molar-refractivity contribution < 1.29 is 9.47 Å². The van der Waals surface area contributed by atoms with Crippen molar-refractivity contribution in [1.29, 1.82) is 0 Å². The van der Waals surface area contributed by atoms with E-state index in [0.717, 1.165) is 0 Å². The van der Waals surface area contributed by atoms with Gasteiger partial charge in [-0.25, -0.2) is 0 Å². The van der Waals surface area contributed by atoms with Crippen LogP contribution in [0.25, 0.3) is 0 Å². The van der Waals surface area contributed by atoms with Crippen LogP contribution in [0, 0.1) is 0 Å². The third-order valence-corrected chi connectivity index (χ3v) is 1.86. The first-order valence-corrected chi connectivity index (χ1v) is 3.99. The summed E-state index contributed by atoms with van der Waals surface area (Å²) in [5, 5.41) is 0. The van der Waals surface area contributed by atoms with Gasteiger partial charge in [0.1, 0.15) is 17.5 Å². The smallest absolute Gasteiger partial charge is 0.274 e. The molecule has 1 aliphatic rings. The van der Waals surface area contributed by atoms with Crippen molar-refractivity contribution in [3.05, 3.63) is 22.6 Å². The predicted octanol–water partition coefficient (Wildman–Crippen LogP) is -0.265. The first kappa shape index (κ1) is 8.12. The standard InChI is InChI=1S/C8H10N2O3/c9-7-6(1-2-10-8(7)11)13-5-3-12-4-5/h1-2,5H,3-4,9H2,(H,10,11). The van der Waals surface area contributed by atoms with Gasteiger partial charge in [-0.1, -0.05) is 0 Å². The molecule has 0 aromatic carbocycles. The van der Waals surface area contributed by atoms with Crippen molar-refractivity contribution in [2.24, 2.45) is 0 Å². The Morgan fingerprint density at radius 1 is 1.62 bits per heavy atom. The average Bonchev–Trinajstić information content (AvgIpc) is 2.04. The minimum absolute atomic E-state index is 0.0316. The van der Waals surface area contributed by atoms with Gasteiger partial charge in [0, 0.05) is 6.20 Å². The Kier molecular flexibility index (Phi) is 1.94. The summed E-state index contributed by atoms with van der Waals surface area (Å²) in [6.45, 7) is 1.12. The molecule has 0 amide bonds. The highest BCUT2D eigenvalue weighted by Crippen LogP contribution is 2.19. The molecule has 70 valence electrons. The first-order chi connectivity index (χ1) is 6.27. The maximum absolute atomic E-state index is 11.0. The van der Waals surface area contributed by atoms with Gasteiger partial charge in [0.25, 0.3) is 5.56 Å². The molecule has 3 N–H and O–H groups in total. The maximum Gasteiger partial charge on any atom is 0.274 e. The lowest BCUT2D eigenvalue weighted by Gasteiger charge is -2.26.